The zero-order valence-corrected chi connectivity index (χ0v) is 11.0. The minimum Gasteiger partial charge on any atom is -0.294 e. The van der Waals surface area contributed by atoms with Gasteiger partial charge in [0, 0.05) is 23.1 Å². The Kier molecular flexibility index (Phi) is 3.47. The molecule has 0 amide bonds. The Morgan fingerprint density at radius 2 is 1.80 bits per heavy atom. The monoisotopic (exact) mass is 267 g/mol. The normalized spacial score (nSPS) is 27.1. The fourth-order valence-electron chi connectivity index (χ4n) is 2.38. The third-order valence-corrected chi connectivity index (χ3v) is 4.22. The number of benzene rings is 1. The van der Waals surface area contributed by atoms with Crippen molar-refractivity contribution in [3.05, 3.63) is 34.3 Å². The fourth-order valence-corrected chi connectivity index (χ4v) is 2.79. The molecule has 0 aliphatic carbocycles. The summed E-state index contributed by atoms with van der Waals surface area (Å²) in [5.74, 6) is 0. The van der Waals surface area contributed by atoms with Crippen molar-refractivity contribution in [1.29, 1.82) is 0 Å². The average Bonchev–Trinajstić information content (AvgIpc) is 2.53. The molecule has 1 saturated heterocycles. The lowest BCUT2D eigenvalue weighted by Crippen LogP contribution is -2.32. The van der Waals surface area contributed by atoms with E-state index in [1.807, 2.05) is 0 Å². The second kappa shape index (κ2) is 4.67. The summed E-state index contributed by atoms with van der Waals surface area (Å²) in [4.78, 5) is 2.60. The summed E-state index contributed by atoms with van der Waals surface area (Å²) in [6.45, 7) is 5.74. The predicted octanol–water partition coefficient (Wildman–Crippen LogP) is 3.82. The van der Waals surface area contributed by atoms with E-state index in [9.17, 15) is 0 Å². The lowest BCUT2D eigenvalue weighted by atomic mass is 10.2. The Morgan fingerprint density at radius 1 is 1.20 bits per heavy atom. The van der Waals surface area contributed by atoms with Gasteiger partial charge in [-0.2, -0.15) is 0 Å². The number of nitrogens with zero attached hydrogens (tertiary/aromatic N) is 1. The van der Waals surface area contributed by atoms with Crippen molar-refractivity contribution >= 4 is 15.9 Å². The van der Waals surface area contributed by atoms with Crippen molar-refractivity contribution in [2.24, 2.45) is 0 Å². The molecule has 2 rings (SSSR count). The van der Waals surface area contributed by atoms with Gasteiger partial charge >= 0.3 is 0 Å². The van der Waals surface area contributed by atoms with Crippen LogP contribution in [0.5, 0.6) is 0 Å². The van der Waals surface area contributed by atoms with E-state index in [0.717, 1.165) is 18.6 Å². The Balaban J connectivity index is 2.11. The number of rotatable bonds is 2. The highest BCUT2D eigenvalue weighted by molar-refractivity contribution is 9.10. The van der Waals surface area contributed by atoms with Crippen molar-refractivity contribution in [3.8, 4) is 0 Å². The van der Waals surface area contributed by atoms with E-state index in [-0.39, 0.29) is 0 Å². The van der Waals surface area contributed by atoms with Crippen molar-refractivity contribution in [1.82, 2.24) is 4.90 Å². The second-order valence-electron chi connectivity index (χ2n) is 4.54. The Labute approximate surface area is 101 Å². The van der Waals surface area contributed by atoms with Crippen molar-refractivity contribution < 1.29 is 0 Å². The lowest BCUT2D eigenvalue weighted by Gasteiger charge is -2.26. The molecule has 0 aromatic heterocycles. The van der Waals surface area contributed by atoms with E-state index < -0.39 is 0 Å². The molecule has 0 unspecified atom stereocenters. The van der Waals surface area contributed by atoms with Crippen LogP contribution < -0.4 is 0 Å². The van der Waals surface area contributed by atoms with E-state index >= 15 is 0 Å². The summed E-state index contributed by atoms with van der Waals surface area (Å²) in [7, 11) is 0. The summed E-state index contributed by atoms with van der Waals surface area (Å²) in [6.07, 6.45) is 2.68. The number of hydrogen-bond donors (Lipinski definition) is 0. The molecule has 1 aromatic carbocycles. The molecule has 1 aromatic rings. The summed E-state index contributed by atoms with van der Waals surface area (Å²) >= 11 is 3.62. The maximum absolute atomic E-state index is 3.62. The maximum atomic E-state index is 3.62. The van der Waals surface area contributed by atoms with Gasteiger partial charge in [0.25, 0.3) is 0 Å². The second-order valence-corrected chi connectivity index (χ2v) is 5.39. The van der Waals surface area contributed by atoms with Crippen LogP contribution >= 0.6 is 15.9 Å². The molecule has 1 aliphatic heterocycles. The molecule has 1 nitrogen and oxygen atoms in total. The molecule has 0 bridgehead atoms. The first-order valence-corrected chi connectivity index (χ1v) is 6.47. The first-order chi connectivity index (χ1) is 7.18. The van der Waals surface area contributed by atoms with Crippen molar-refractivity contribution in [2.45, 2.75) is 45.3 Å². The van der Waals surface area contributed by atoms with Crippen LogP contribution in [0, 0.1) is 0 Å². The molecule has 15 heavy (non-hydrogen) atoms. The lowest BCUT2D eigenvalue weighted by molar-refractivity contribution is 0.205. The molecule has 1 heterocycles. The topological polar surface area (TPSA) is 3.24 Å². The average molecular weight is 268 g/mol. The van der Waals surface area contributed by atoms with Gasteiger partial charge in [-0.15, -0.1) is 0 Å². The summed E-state index contributed by atoms with van der Waals surface area (Å²) in [6, 6.07) is 9.98. The standard InChI is InChI=1S/C13H18BrN/c1-10-7-8-11(2)15(10)9-12-5-3-4-6-13(12)14/h3-6,10-11H,7-9H2,1-2H3/t10-,11-/m1/s1. The number of hydrogen-bond acceptors (Lipinski definition) is 1. The van der Waals surface area contributed by atoms with Gasteiger partial charge in [-0.1, -0.05) is 34.1 Å². The molecule has 1 aliphatic rings. The van der Waals surface area contributed by atoms with Gasteiger partial charge in [0.15, 0.2) is 0 Å². The molecule has 1 fully saturated rings. The van der Waals surface area contributed by atoms with Crippen LogP contribution in [0.15, 0.2) is 28.7 Å². The highest BCUT2D eigenvalue weighted by atomic mass is 79.9. The third-order valence-electron chi connectivity index (χ3n) is 3.45. The largest absolute Gasteiger partial charge is 0.294 e. The zero-order chi connectivity index (χ0) is 10.8. The van der Waals surface area contributed by atoms with Crippen LogP contribution in [0.3, 0.4) is 0 Å². The molecule has 0 N–H and O–H groups in total. The van der Waals surface area contributed by atoms with Gasteiger partial charge in [0.1, 0.15) is 0 Å². The van der Waals surface area contributed by atoms with E-state index in [1.165, 1.54) is 22.9 Å². The smallest absolute Gasteiger partial charge is 0.0250 e. The highest BCUT2D eigenvalue weighted by Crippen LogP contribution is 2.27. The molecular formula is C13H18BrN. The SMILES string of the molecule is C[C@@H]1CC[C@@H](C)N1Cc1ccccc1Br. The van der Waals surface area contributed by atoms with Gasteiger partial charge in [-0.05, 0) is 38.3 Å². The van der Waals surface area contributed by atoms with Gasteiger partial charge in [-0.3, -0.25) is 4.90 Å². The van der Waals surface area contributed by atoms with Gasteiger partial charge in [-0.25, -0.2) is 0 Å². The molecule has 2 heteroatoms. The van der Waals surface area contributed by atoms with E-state index in [2.05, 4.69) is 58.9 Å². The van der Waals surface area contributed by atoms with E-state index in [1.54, 1.807) is 0 Å². The van der Waals surface area contributed by atoms with Crippen LogP contribution in [-0.4, -0.2) is 17.0 Å². The van der Waals surface area contributed by atoms with E-state index in [4.69, 9.17) is 0 Å². The Bertz CT molecular complexity index is 327. The first-order valence-electron chi connectivity index (χ1n) is 5.67. The minimum atomic E-state index is 0.729. The maximum Gasteiger partial charge on any atom is 0.0250 e. The summed E-state index contributed by atoms with van der Waals surface area (Å²) in [5, 5.41) is 0. The van der Waals surface area contributed by atoms with Gasteiger partial charge < -0.3 is 0 Å². The molecular weight excluding hydrogens is 250 g/mol. The van der Waals surface area contributed by atoms with Crippen LogP contribution in [0.2, 0.25) is 0 Å². The molecule has 0 saturated carbocycles. The van der Waals surface area contributed by atoms with Crippen LogP contribution in [-0.2, 0) is 6.54 Å². The predicted molar refractivity (Wildman–Crippen MR) is 67.8 cm³/mol. The van der Waals surface area contributed by atoms with Gasteiger partial charge in [0.2, 0.25) is 0 Å². The quantitative estimate of drug-likeness (QED) is 0.788. The number of halogens is 1. The molecule has 2 atom stereocenters. The van der Waals surface area contributed by atoms with Crippen LogP contribution in [0.25, 0.3) is 0 Å². The highest BCUT2D eigenvalue weighted by Gasteiger charge is 2.27. The molecule has 0 spiro atoms. The summed E-state index contributed by atoms with van der Waals surface area (Å²) in [5.41, 5.74) is 1.40. The first kappa shape index (κ1) is 11.2. The van der Waals surface area contributed by atoms with Crippen molar-refractivity contribution in [2.75, 3.05) is 0 Å². The van der Waals surface area contributed by atoms with Crippen LogP contribution in [0.1, 0.15) is 32.3 Å². The molecule has 0 radical (unpaired) electrons. The number of likely N-dealkylation sites (tertiary alicyclic amines) is 1. The zero-order valence-electron chi connectivity index (χ0n) is 9.41. The Morgan fingerprint density at radius 3 is 2.40 bits per heavy atom. The van der Waals surface area contributed by atoms with E-state index in [0.29, 0.717) is 0 Å². The Hall–Kier alpha value is -0.340. The minimum absolute atomic E-state index is 0.729. The summed E-state index contributed by atoms with van der Waals surface area (Å²) < 4.78 is 1.23. The van der Waals surface area contributed by atoms with Crippen molar-refractivity contribution in [3.63, 3.8) is 0 Å². The third kappa shape index (κ3) is 2.43. The fraction of sp³-hybridized carbons (Fsp3) is 0.538. The van der Waals surface area contributed by atoms with Gasteiger partial charge in [0.05, 0.1) is 0 Å². The van der Waals surface area contributed by atoms with Crippen LogP contribution in [0.4, 0.5) is 0 Å². The molecule has 82 valence electrons.